The Bertz CT molecular complexity index is 920. The lowest BCUT2D eigenvalue weighted by Crippen LogP contribution is -2.50. The van der Waals surface area contributed by atoms with Gasteiger partial charge in [0.15, 0.2) is 5.13 Å². The highest BCUT2D eigenvalue weighted by molar-refractivity contribution is 8.01. The van der Waals surface area contributed by atoms with Crippen molar-refractivity contribution in [2.75, 3.05) is 11.1 Å². The summed E-state index contributed by atoms with van der Waals surface area (Å²) in [6.45, 7) is 0. The van der Waals surface area contributed by atoms with Crippen LogP contribution >= 0.6 is 23.1 Å². The first-order valence-corrected chi connectivity index (χ1v) is 14.3. The summed E-state index contributed by atoms with van der Waals surface area (Å²) in [5.41, 5.74) is 1.42. The first-order chi connectivity index (χ1) is 16.6. The summed E-state index contributed by atoms with van der Waals surface area (Å²) in [6.07, 6.45) is 13.2. The van der Waals surface area contributed by atoms with E-state index in [4.69, 9.17) is 5.11 Å². The zero-order valence-electron chi connectivity index (χ0n) is 19.7. The predicted octanol–water partition coefficient (Wildman–Crippen LogP) is 6.99. The van der Waals surface area contributed by atoms with E-state index in [2.05, 4.69) is 45.5 Å². The number of thioether (sulfide) groups is 1. The molecule has 0 atom stereocenters. The largest absolute Gasteiger partial charge is 0.481 e. The highest BCUT2D eigenvalue weighted by Gasteiger charge is 2.34. The van der Waals surface area contributed by atoms with Crippen LogP contribution in [0.3, 0.4) is 0 Å². The molecule has 2 saturated carbocycles. The Hall–Kier alpha value is -2.06. The molecule has 0 radical (unpaired) electrons. The third-order valence-corrected chi connectivity index (χ3v) is 9.18. The summed E-state index contributed by atoms with van der Waals surface area (Å²) in [7, 11) is 0. The van der Waals surface area contributed by atoms with Gasteiger partial charge in [-0.2, -0.15) is 0 Å². The molecular formula is C26H35N3O3S2. The maximum atomic E-state index is 13.6. The fourth-order valence-corrected chi connectivity index (χ4v) is 7.22. The van der Waals surface area contributed by atoms with E-state index in [1.54, 1.807) is 6.20 Å². The van der Waals surface area contributed by atoms with Crippen molar-refractivity contribution in [3.8, 4) is 0 Å². The van der Waals surface area contributed by atoms with Gasteiger partial charge in [-0.3, -0.25) is 10.1 Å². The minimum Gasteiger partial charge on any atom is -0.481 e. The smallest absolute Gasteiger partial charge is 0.324 e. The van der Waals surface area contributed by atoms with Gasteiger partial charge in [-0.15, -0.1) is 11.8 Å². The van der Waals surface area contributed by atoms with Crippen LogP contribution in [0, 0.1) is 0 Å². The molecule has 0 saturated heterocycles. The maximum absolute atomic E-state index is 13.6. The van der Waals surface area contributed by atoms with E-state index in [9.17, 15) is 9.59 Å². The van der Waals surface area contributed by atoms with Gasteiger partial charge in [0.1, 0.15) is 0 Å². The second kappa shape index (κ2) is 12.6. The molecule has 2 aliphatic rings. The van der Waals surface area contributed by atoms with Crippen LogP contribution in [-0.2, 0) is 4.79 Å². The Morgan fingerprint density at radius 2 is 1.68 bits per heavy atom. The number of hydrogen-bond acceptors (Lipinski definition) is 5. The van der Waals surface area contributed by atoms with Gasteiger partial charge in [-0.05, 0) is 50.0 Å². The van der Waals surface area contributed by atoms with E-state index in [-0.39, 0.29) is 18.5 Å². The molecule has 0 aliphatic heterocycles. The number of rotatable bonds is 8. The summed E-state index contributed by atoms with van der Waals surface area (Å²) >= 11 is 2.90. The number of carboxylic acid groups (broad SMARTS) is 1. The molecule has 1 heterocycles. The van der Waals surface area contributed by atoms with Gasteiger partial charge in [-0.25, -0.2) is 9.78 Å². The molecule has 34 heavy (non-hydrogen) atoms. The van der Waals surface area contributed by atoms with Gasteiger partial charge in [-0.1, -0.05) is 67.4 Å². The van der Waals surface area contributed by atoms with E-state index >= 15 is 0 Å². The molecule has 2 fully saturated rings. The van der Waals surface area contributed by atoms with E-state index in [0.717, 1.165) is 42.7 Å². The van der Waals surface area contributed by atoms with E-state index in [1.807, 2.05) is 0 Å². The average molecular weight is 502 g/mol. The second-order valence-electron chi connectivity index (χ2n) is 9.38. The molecule has 8 heteroatoms. The van der Waals surface area contributed by atoms with Crippen molar-refractivity contribution < 1.29 is 14.7 Å². The van der Waals surface area contributed by atoms with Gasteiger partial charge in [0.25, 0.3) is 0 Å². The number of anilines is 1. The molecule has 6 nitrogen and oxygen atoms in total. The SMILES string of the molecule is O=C(O)CCSc1cnc(NC(=O)N(C2CCCCCC2)C2CCC(c3ccccc3)CC2)s1. The molecule has 2 N–H and O–H groups in total. The predicted molar refractivity (Wildman–Crippen MR) is 139 cm³/mol. The van der Waals surface area contributed by atoms with E-state index in [0.29, 0.717) is 22.8 Å². The minimum atomic E-state index is -0.799. The molecule has 0 bridgehead atoms. The molecular weight excluding hydrogens is 466 g/mol. The van der Waals surface area contributed by atoms with Crippen molar-refractivity contribution >= 4 is 40.2 Å². The Morgan fingerprint density at radius 3 is 2.35 bits per heavy atom. The van der Waals surface area contributed by atoms with E-state index < -0.39 is 5.97 Å². The van der Waals surface area contributed by atoms with Crippen molar-refractivity contribution in [1.82, 2.24) is 9.88 Å². The summed E-state index contributed by atoms with van der Waals surface area (Å²) in [5, 5.41) is 12.5. The summed E-state index contributed by atoms with van der Waals surface area (Å²) in [4.78, 5) is 30.9. The molecule has 2 aromatic rings. The topological polar surface area (TPSA) is 82.5 Å². The van der Waals surface area contributed by atoms with Gasteiger partial charge < -0.3 is 10.0 Å². The van der Waals surface area contributed by atoms with Gasteiger partial charge in [0, 0.05) is 17.8 Å². The molecule has 2 amide bonds. The first kappa shape index (κ1) is 25.0. The third kappa shape index (κ3) is 6.98. The highest BCUT2D eigenvalue weighted by atomic mass is 32.2. The van der Waals surface area contributed by atoms with Crippen LogP contribution in [0.4, 0.5) is 9.93 Å². The number of benzene rings is 1. The van der Waals surface area contributed by atoms with Crippen molar-refractivity contribution in [2.45, 2.75) is 92.8 Å². The second-order valence-corrected chi connectivity index (χ2v) is 11.8. The molecule has 0 unspecified atom stereocenters. The molecule has 1 aromatic heterocycles. The van der Waals surface area contributed by atoms with Crippen LogP contribution in [0.25, 0.3) is 0 Å². The van der Waals surface area contributed by atoms with Gasteiger partial charge in [0.2, 0.25) is 0 Å². The fourth-order valence-electron chi connectivity index (χ4n) is 5.36. The number of carbonyl (C=O) groups is 2. The zero-order chi connectivity index (χ0) is 23.8. The summed E-state index contributed by atoms with van der Waals surface area (Å²) in [5.74, 6) is 0.288. The fraction of sp³-hybridized carbons (Fsp3) is 0.577. The summed E-state index contributed by atoms with van der Waals surface area (Å²) in [6, 6.07) is 11.3. The minimum absolute atomic E-state index is 0.0218. The standard InChI is InChI=1S/C26H35N3O3S2/c30-23(31)16-17-33-24-18-27-25(34-24)28-26(32)29(21-10-6-1-2-7-11-21)22-14-12-20(13-15-22)19-8-4-3-5-9-19/h3-5,8-9,18,20-22H,1-2,6-7,10-17H2,(H,30,31)(H,27,28,32). The molecule has 4 rings (SSSR count). The normalized spacial score (nSPS) is 21.5. The number of hydrogen-bond donors (Lipinski definition) is 2. The van der Waals surface area contributed by atoms with Crippen LogP contribution in [0.5, 0.6) is 0 Å². The molecule has 0 spiro atoms. The zero-order valence-corrected chi connectivity index (χ0v) is 21.3. The Labute approximate surface area is 210 Å². The van der Waals surface area contributed by atoms with Crippen molar-refractivity contribution in [2.24, 2.45) is 0 Å². The number of carboxylic acids is 1. The van der Waals surface area contributed by atoms with Gasteiger partial charge >= 0.3 is 12.0 Å². The maximum Gasteiger partial charge on any atom is 0.324 e. The monoisotopic (exact) mass is 501 g/mol. The van der Waals surface area contributed by atoms with Gasteiger partial charge in [0.05, 0.1) is 16.8 Å². The molecule has 2 aliphatic carbocycles. The number of amides is 2. The van der Waals surface area contributed by atoms with Crippen LogP contribution in [0.1, 0.15) is 82.1 Å². The lowest BCUT2D eigenvalue weighted by atomic mass is 9.80. The van der Waals surface area contributed by atoms with Crippen LogP contribution in [-0.4, -0.2) is 44.8 Å². The third-order valence-electron chi connectivity index (χ3n) is 7.07. The number of carbonyl (C=O) groups excluding carboxylic acids is 1. The van der Waals surface area contributed by atoms with Crippen molar-refractivity contribution in [3.63, 3.8) is 0 Å². The molecule has 1 aromatic carbocycles. The number of urea groups is 1. The van der Waals surface area contributed by atoms with Crippen LogP contribution in [0.15, 0.2) is 40.7 Å². The van der Waals surface area contributed by atoms with Crippen LogP contribution in [0.2, 0.25) is 0 Å². The lowest BCUT2D eigenvalue weighted by Gasteiger charge is -2.41. The Kier molecular flexibility index (Phi) is 9.27. The highest BCUT2D eigenvalue weighted by Crippen LogP contribution is 2.37. The first-order valence-electron chi connectivity index (χ1n) is 12.5. The van der Waals surface area contributed by atoms with Crippen molar-refractivity contribution in [1.29, 1.82) is 0 Å². The number of aliphatic carboxylic acids is 1. The Balaban J connectivity index is 1.41. The Morgan fingerprint density at radius 1 is 1.00 bits per heavy atom. The summed E-state index contributed by atoms with van der Waals surface area (Å²) < 4.78 is 0.931. The van der Waals surface area contributed by atoms with E-state index in [1.165, 1.54) is 54.3 Å². The van der Waals surface area contributed by atoms with Crippen molar-refractivity contribution in [3.05, 3.63) is 42.1 Å². The quantitative estimate of drug-likeness (QED) is 0.301. The van der Waals surface area contributed by atoms with Crippen LogP contribution < -0.4 is 5.32 Å². The number of thiazole rings is 1. The number of nitrogens with zero attached hydrogens (tertiary/aromatic N) is 2. The lowest BCUT2D eigenvalue weighted by molar-refractivity contribution is -0.136. The number of aromatic nitrogens is 1. The average Bonchev–Trinajstić information content (AvgIpc) is 3.11. The number of nitrogens with one attached hydrogen (secondary N) is 1. The molecule has 184 valence electrons.